The molecule has 1 aromatic carbocycles. The van der Waals surface area contributed by atoms with Crippen molar-refractivity contribution in [3.05, 3.63) is 52.9 Å². The fraction of sp³-hybridized carbons (Fsp3) is 0.471. The van der Waals surface area contributed by atoms with Crippen molar-refractivity contribution in [2.24, 2.45) is 0 Å². The van der Waals surface area contributed by atoms with Crippen LogP contribution in [-0.2, 0) is 28.4 Å². The first-order valence-corrected chi connectivity index (χ1v) is 9.40. The van der Waals surface area contributed by atoms with Crippen LogP contribution in [0, 0.1) is 0 Å². The topological polar surface area (TPSA) is 60.2 Å². The van der Waals surface area contributed by atoms with Gasteiger partial charge in [-0.15, -0.1) is 0 Å². The summed E-state index contributed by atoms with van der Waals surface area (Å²) in [6, 6.07) is 8.12. The van der Waals surface area contributed by atoms with E-state index in [1.165, 1.54) is 11.8 Å². The van der Waals surface area contributed by atoms with Gasteiger partial charge < -0.3 is 4.52 Å². The number of aromatic nitrogens is 1. The molecule has 0 aliphatic heterocycles. The summed E-state index contributed by atoms with van der Waals surface area (Å²) in [7, 11) is -3.21. The zero-order valence-electron chi connectivity index (χ0n) is 13.0. The number of hydrogen-bond donors (Lipinski definition) is 0. The molecule has 5 heteroatoms. The van der Waals surface area contributed by atoms with Crippen LogP contribution in [-0.4, -0.2) is 18.8 Å². The van der Waals surface area contributed by atoms with Crippen LogP contribution < -0.4 is 0 Å². The highest BCUT2D eigenvalue weighted by atomic mass is 32.2. The van der Waals surface area contributed by atoms with Crippen LogP contribution in [0.1, 0.15) is 48.6 Å². The fourth-order valence-electron chi connectivity index (χ4n) is 3.16. The molecule has 2 aromatic rings. The lowest BCUT2D eigenvalue weighted by atomic mass is 9.92. The Morgan fingerprint density at radius 1 is 1.27 bits per heavy atom. The lowest BCUT2D eigenvalue weighted by Gasteiger charge is -2.24. The van der Waals surface area contributed by atoms with Crippen LogP contribution in [0.25, 0.3) is 0 Å². The second-order valence-electron chi connectivity index (χ2n) is 6.32. The molecule has 22 heavy (non-hydrogen) atoms. The monoisotopic (exact) mass is 319 g/mol. The maximum Gasteiger partial charge on any atom is 0.157 e. The molecule has 1 heterocycles. The quantitative estimate of drug-likeness (QED) is 0.868. The first-order chi connectivity index (χ1) is 10.5. The van der Waals surface area contributed by atoms with Gasteiger partial charge in [0.05, 0.1) is 16.7 Å². The summed E-state index contributed by atoms with van der Waals surface area (Å²) in [5.41, 5.74) is 3.90. The maximum absolute atomic E-state index is 12.8. The lowest BCUT2D eigenvalue weighted by molar-refractivity contribution is 0.408. The molecule has 0 fully saturated rings. The highest BCUT2D eigenvalue weighted by Gasteiger charge is 2.31. The molecular weight excluding hydrogens is 298 g/mol. The molecule has 118 valence electrons. The van der Waals surface area contributed by atoms with E-state index in [9.17, 15) is 8.42 Å². The van der Waals surface area contributed by atoms with Crippen molar-refractivity contribution in [1.82, 2.24) is 5.16 Å². The molecule has 0 amide bonds. The average molecular weight is 319 g/mol. The van der Waals surface area contributed by atoms with Crippen molar-refractivity contribution < 1.29 is 12.9 Å². The Morgan fingerprint density at radius 2 is 2.00 bits per heavy atom. The van der Waals surface area contributed by atoms with E-state index >= 15 is 0 Å². The third-order valence-corrected chi connectivity index (χ3v) is 6.52. The largest absolute Gasteiger partial charge is 0.364 e. The van der Waals surface area contributed by atoms with Gasteiger partial charge in [0.15, 0.2) is 9.84 Å². The number of aryl methyl sites for hydroxylation is 1. The first-order valence-electron chi connectivity index (χ1n) is 7.69. The zero-order valence-corrected chi connectivity index (χ0v) is 13.8. The number of benzene rings is 1. The van der Waals surface area contributed by atoms with Gasteiger partial charge in [-0.25, -0.2) is 8.42 Å². The third kappa shape index (κ3) is 2.95. The molecule has 4 nitrogen and oxygen atoms in total. The molecule has 0 N–H and O–H groups in total. The highest BCUT2D eigenvalue weighted by molar-refractivity contribution is 7.91. The van der Waals surface area contributed by atoms with Crippen LogP contribution in [0.2, 0.25) is 0 Å². The van der Waals surface area contributed by atoms with Gasteiger partial charge in [-0.05, 0) is 36.3 Å². The molecule has 0 saturated carbocycles. The molecule has 1 aliphatic rings. The van der Waals surface area contributed by atoms with Crippen molar-refractivity contribution in [3.63, 3.8) is 0 Å². The van der Waals surface area contributed by atoms with Crippen molar-refractivity contribution in [2.45, 2.75) is 50.0 Å². The third-order valence-electron chi connectivity index (χ3n) is 4.39. The highest BCUT2D eigenvalue weighted by Crippen LogP contribution is 2.28. The summed E-state index contributed by atoms with van der Waals surface area (Å²) < 4.78 is 30.5. The molecule has 1 aliphatic carbocycles. The van der Waals surface area contributed by atoms with E-state index in [0.717, 1.165) is 17.7 Å². The van der Waals surface area contributed by atoms with Crippen LogP contribution in [0.5, 0.6) is 0 Å². The average Bonchev–Trinajstić information content (AvgIpc) is 2.94. The van der Waals surface area contributed by atoms with E-state index < -0.39 is 9.84 Å². The van der Waals surface area contributed by atoms with Crippen LogP contribution >= 0.6 is 0 Å². The predicted molar refractivity (Wildman–Crippen MR) is 85.5 cm³/mol. The Morgan fingerprint density at radius 3 is 2.73 bits per heavy atom. The van der Waals surface area contributed by atoms with Gasteiger partial charge in [0, 0.05) is 5.56 Å². The van der Waals surface area contributed by atoms with Gasteiger partial charge in [0.25, 0.3) is 0 Å². The Labute approximate surface area is 131 Å². The molecule has 1 atom stereocenters. The van der Waals surface area contributed by atoms with Crippen molar-refractivity contribution >= 4 is 9.84 Å². The number of nitrogens with zero attached hydrogens (tertiary/aromatic N) is 1. The number of sulfone groups is 1. The number of rotatable bonds is 4. The molecule has 1 unspecified atom stereocenters. The second kappa shape index (κ2) is 5.88. The standard InChI is InChI=1S/C17H21NO3S/c1-12(2)17-15(10-21-18-17)11-22(19,20)16-8-7-13-5-3-4-6-14(13)9-16/h3-6,10,12,16H,7-9,11H2,1-2H3. The maximum atomic E-state index is 12.8. The molecule has 0 bridgehead atoms. The van der Waals surface area contributed by atoms with Crippen molar-refractivity contribution in [3.8, 4) is 0 Å². The summed E-state index contributed by atoms with van der Waals surface area (Å²) >= 11 is 0. The van der Waals surface area contributed by atoms with E-state index in [1.807, 2.05) is 32.0 Å². The minimum absolute atomic E-state index is 0.0246. The normalized spacial score (nSPS) is 18.4. The van der Waals surface area contributed by atoms with E-state index in [-0.39, 0.29) is 16.9 Å². The van der Waals surface area contributed by atoms with Gasteiger partial charge in [-0.2, -0.15) is 0 Å². The Kier molecular flexibility index (Phi) is 4.08. The molecule has 3 rings (SSSR count). The molecular formula is C17H21NO3S. The van der Waals surface area contributed by atoms with Gasteiger partial charge in [-0.1, -0.05) is 43.3 Å². The minimum atomic E-state index is -3.21. The van der Waals surface area contributed by atoms with Crippen LogP contribution in [0.4, 0.5) is 0 Å². The summed E-state index contributed by atoms with van der Waals surface area (Å²) in [6.07, 6.45) is 3.62. The van der Waals surface area contributed by atoms with Gasteiger partial charge in [0.2, 0.25) is 0 Å². The first kappa shape index (κ1) is 15.3. The van der Waals surface area contributed by atoms with Gasteiger partial charge >= 0.3 is 0 Å². The van der Waals surface area contributed by atoms with Crippen molar-refractivity contribution in [1.29, 1.82) is 0 Å². The molecule has 0 saturated heterocycles. The summed E-state index contributed by atoms with van der Waals surface area (Å²) in [5.74, 6) is 0.188. The van der Waals surface area contributed by atoms with E-state index in [4.69, 9.17) is 4.52 Å². The Balaban J connectivity index is 1.81. The SMILES string of the molecule is CC(C)c1nocc1CS(=O)(=O)C1CCc2ccccc2C1. The van der Waals surface area contributed by atoms with E-state index in [0.29, 0.717) is 18.4 Å². The van der Waals surface area contributed by atoms with E-state index in [1.54, 1.807) is 0 Å². The fourth-order valence-corrected chi connectivity index (χ4v) is 4.95. The minimum Gasteiger partial charge on any atom is -0.364 e. The Bertz CT molecular complexity index is 762. The van der Waals surface area contributed by atoms with Crippen molar-refractivity contribution in [2.75, 3.05) is 0 Å². The molecule has 0 spiro atoms. The van der Waals surface area contributed by atoms with Crippen LogP contribution in [0.15, 0.2) is 35.1 Å². The van der Waals surface area contributed by atoms with Crippen LogP contribution in [0.3, 0.4) is 0 Å². The van der Waals surface area contributed by atoms with E-state index in [2.05, 4.69) is 11.2 Å². The zero-order chi connectivity index (χ0) is 15.7. The molecule has 0 radical (unpaired) electrons. The Hall–Kier alpha value is -1.62. The second-order valence-corrected chi connectivity index (χ2v) is 8.60. The summed E-state index contributed by atoms with van der Waals surface area (Å²) in [4.78, 5) is 0. The predicted octanol–water partition coefficient (Wildman–Crippen LogP) is 3.27. The van der Waals surface area contributed by atoms with Gasteiger partial charge in [0.1, 0.15) is 6.26 Å². The summed E-state index contributed by atoms with van der Waals surface area (Å²) in [6.45, 7) is 3.98. The summed E-state index contributed by atoms with van der Waals surface area (Å²) in [5, 5.41) is 3.63. The lowest BCUT2D eigenvalue weighted by Crippen LogP contribution is -2.29. The smallest absolute Gasteiger partial charge is 0.157 e. The molecule has 1 aromatic heterocycles. The number of hydrogen-bond acceptors (Lipinski definition) is 4. The van der Waals surface area contributed by atoms with Gasteiger partial charge in [-0.3, -0.25) is 0 Å². The number of fused-ring (bicyclic) bond motifs is 1.